The van der Waals surface area contributed by atoms with Crippen molar-refractivity contribution >= 4 is 33.7 Å². The Morgan fingerprint density at radius 1 is 1.05 bits per heavy atom. The molecule has 8 heteroatoms. The number of hydrogen-bond acceptors (Lipinski definition) is 8. The van der Waals surface area contributed by atoms with E-state index in [1.54, 1.807) is 0 Å². The molecule has 2 aliphatic rings. The van der Waals surface area contributed by atoms with Crippen LogP contribution in [0.4, 0.5) is 11.5 Å². The minimum Gasteiger partial charge on any atom is -0.392 e. The van der Waals surface area contributed by atoms with E-state index in [1.165, 1.54) is 38.4 Å². The fraction of sp³-hybridized carbons (Fsp3) is 0.303. The summed E-state index contributed by atoms with van der Waals surface area (Å²) in [5.41, 5.74) is 10.3. The van der Waals surface area contributed by atoms with E-state index in [4.69, 9.17) is 9.97 Å². The lowest BCUT2D eigenvalue weighted by molar-refractivity contribution is 0.175. The largest absolute Gasteiger partial charge is 0.392 e. The Bertz CT molecular complexity index is 1720. The molecular formula is C33H34N6OS. The molecule has 41 heavy (non-hydrogen) atoms. The molecule has 7 rings (SSSR count). The SMILES string of the molecule is Cc1c(Nc2nccc3cc(CN4CC[C@@H](O)C4)cnc23)cccc1-c1cccc(-c2nc3c(s2)CNCC3)c1C. The highest BCUT2D eigenvalue weighted by Gasteiger charge is 2.21. The average Bonchev–Trinajstić information content (AvgIpc) is 3.60. The number of benzene rings is 2. The number of aliphatic hydroxyl groups excluding tert-OH is 1. The van der Waals surface area contributed by atoms with Crippen LogP contribution in [0.25, 0.3) is 32.6 Å². The van der Waals surface area contributed by atoms with Crippen molar-refractivity contribution in [2.45, 2.75) is 45.9 Å². The molecule has 1 fully saturated rings. The molecule has 0 radical (unpaired) electrons. The molecule has 0 spiro atoms. The fourth-order valence-electron chi connectivity index (χ4n) is 6.09. The summed E-state index contributed by atoms with van der Waals surface area (Å²) in [6.07, 6.45) is 5.39. The van der Waals surface area contributed by atoms with Gasteiger partial charge in [-0.15, -0.1) is 11.3 Å². The van der Waals surface area contributed by atoms with E-state index < -0.39 is 0 Å². The first-order chi connectivity index (χ1) is 20.0. The van der Waals surface area contributed by atoms with E-state index in [0.717, 1.165) is 78.5 Å². The van der Waals surface area contributed by atoms with Crippen LogP contribution in [0.5, 0.6) is 0 Å². The maximum Gasteiger partial charge on any atom is 0.156 e. The zero-order valence-corrected chi connectivity index (χ0v) is 24.3. The van der Waals surface area contributed by atoms with Crippen LogP contribution >= 0.6 is 11.3 Å². The van der Waals surface area contributed by atoms with Crippen molar-refractivity contribution in [3.05, 3.63) is 88.2 Å². The van der Waals surface area contributed by atoms with Gasteiger partial charge in [0.2, 0.25) is 0 Å². The molecule has 5 heterocycles. The summed E-state index contributed by atoms with van der Waals surface area (Å²) in [6.45, 7) is 8.73. The van der Waals surface area contributed by atoms with Crippen molar-refractivity contribution in [1.82, 2.24) is 25.2 Å². The first kappa shape index (κ1) is 26.2. The van der Waals surface area contributed by atoms with E-state index in [9.17, 15) is 5.11 Å². The van der Waals surface area contributed by atoms with Gasteiger partial charge in [0.25, 0.3) is 0 Å². The summed E-state index contributed by atoms with van der Waals surface area (Å²) < 4.78 is 0. The number of aromatic nitrogens is 3. The van der Waals surface area contributed by atoms with E-state index in [2.05, 4.69) is 76.8 Å². The van der Waals surface area contributed by atoms with Crippen LogP contribution in [-0.4, -0.2) is 50.7 Å². The molecule has 0 unspecified atom stereocenters. The maximum atomic E-state index is 9.87. The number of thiazole rings is 1. The molecule has 1 saturated heterocycles. The van der Waals surface area contributed by atoms with Crippen LogP contribution in [0.15, 0.2) is 60.9 Å². The Labute approximate surface area is 244 Å². The normalized spacial score (nSPS) is 17.2. The zero-order chi connectivity index (χ0) is 27.9. The van der Waals surface area contributed by atoms with Crippen LogP contribution < -0.4 is 10.6 Å². The molecule has 5 aromatic rings. The average molecular weight is 563 g/mol. The molecule has 0 aliphatic carbocycles. The van der Waals surface area contributed by atoms with E-state index in [0.29, 0.717) is 0 Å². The summed E-state index contributed by atoms with van der Waals surface area (Å²) in [5.74, 6) is 0.748. The Morgan fingerprint density at radius 3 is 2.71 bits per heavy atom. The van der Waals surface area contributed by atoms with E-state index in [-0.39, 0.29) is 6.10 Å². The molecule has 2 aliphatic heterocycles. The number of fused-ring (bicyclic) bond motifs is 2. The number of β-amino-alcohol motifs (C(OH)–C–C–N with tert-alkyl or cyclic N) is 1. The lowest BCUT2D eigenvalue weighted by atomic mass is 9.93. The highest BCUT2D eigenvalue weighted by molar-refractivity contribution is 7.15. The standard InChI is InChI=1S/C33H34N6OS/c1-20-25(5-3-7-27(20)33-38-29-10-12-34-17-30(29)41-33)26-6-4-8-28(21(26)2)37-32-31-23(9-13-35-32)15-22(16-36-31)18-39-14-11-24(40)19-39/h3-9,13,15-16,24,34,40H,10-12,14,17-19H2,1-2H3,(H,35,37)/t24-/m1/s1. The summed E-state index contributed by atoms with van der Waals surface area (Å²) in [5, 5.41) is 19.1. The number of aliphatic hydroxyl groups is 1. The van der Waals surface area contributed by atoms with Gasteiger partial charge >= 0.3 is 0 Å². The minimum absolute atomic E-state index is 0.219. The lowest BCUT2D eigenvalue weighted by Gasteiger charge is -2.17. The van der Waals surface area contributed by atoms with Gasteiger partial charge in [0, 0.05) is 73.1 Å². The molecule has 7 nitrogen and oxygen atoms in total. The number of nitrogens with one attached hydrogen (secondary N) is 2. The summed E-state index contributed by atoms with van der Waals surface area (Å²) >= 11 is 1.81. The predicted molar refractivity (Wildman–Crippen MR) is 167 cm³/mol. The van der Waals surface area contributed by atoms with E-state index in [1.807, 2.05) is 29.8 Å². The summed E-state index contributed by atoms with van der Waals surface area (Å²) in [4.78, 5) is 18.1. The van der Waals surface area contributed by atoms with Gasteiger partial charge in [0.15, 0.2) is 5.82 Å². The molecule has 0 saturated carbocycles. The number of rotatable bonds is 6. The molecule has 3 aromatic heterocycles. The van der Waals surface area contributed by atoms with Gasteiger partial charge in [-0.25, -0.2) is 9.97 Å². The van der Waals surface area contributed by atoms with E-state index >= 15 is 0 Å². The molecule has 1 atom stereocenters. The maximum absolute atomic E-state index is 9.87. The number of nitrogens with zero attached hydrogens (tertiary/aromatic N) is 4. The second-order valence-electron chi connectivity index (χ2n) is 11.1. The van der Waals surface area contributed by atoms with Gasteiger partial charge in [0.05, 0.1) is 11.8 Å². The summed E-state index contributed by atoms with van der Waals surface area (Å²) in [6, 6.07) is 17.1. The number of pyridine rings is 2. The van der Waals surface area contributed by atoms with Crippen LogP contribution in [0.1, 0.15) is 33.7 Å². The van der Waals surface area contributed by atoms with Crippen molar-refractivity contribution in [3.8, 4) is 21.7 Å². The molecular weight excluding hydrogens is 528 g/mol. The first-order valence-electron chi connectivity index (χ1n) is 14.3. The van der Waals surface area contributed by atoms with Crippen molar-refractivity contribution in [1.29, 1.82) is 0 Å². The topological polar surface area (TPSA) is 86.2 Å². The number of hydrogen-bond donors (Lipinski definition) is 3. The first-order valence-corrected chi connectivity index (χ1v) is 15.2. The monoisotopic (exact) mass is 562 g/mol. The van der Waals surface area contributed by atoms with Crippen LogP contribution in [-0.2, 0) is 19.5 Å². The smallest absolute Gasteiger partial charge is 0.156 e. The van der Waals surface area contributed by atoms with Crippen LogP contribution in [0, 0.1) is 13.8 Å². The highest BCUT2D eigenvalue weighted by atomic mass is 32.1. The number of likely N-dealkylation sites (tertiary alicyclic amines) is 1. The summed E-state index contributed by atoms with van der Waals surface area (Å²) in [7, 11) is 0. The second kappa shape index (κ2) is 10.9. The third-order valence-corrected chi connectivity index (χ3v) is 9.48. The zero-order valence-electron chi connectivity index (χ0n) is 23.4. The third-order valence-electron chi connectivity index (χ3n) is 8.35. The Morgan fingerprint density at radius 2 is 1.88 bits per heavy atom. The lowest BCUT2D eigenvalue weighted by Crippen LogP contribution is -2.22. The van der Waals surface area contributed by atoms with Gasteiger partial charge in [-0.3, -0.25) is 9.88 Å². The van der Waals surface area contributed by atoms with Crippen molar-refractivity contribution < 1.29 is 5.11 Å². The fourth-order valence-corrected chi connectivity index (χ4v) is 7.25. The van der Waals surface area contributed by atoms with Gasteiger partial charge in [-0.1, -0.05) is 30.3 Å². The number of anilines is 2. The molecule has 0 bridgehead atoms. The van der Waals surface area contributed by atoms with Gasteiger partial charge in [0.1, 0.15) is 10.5 Å². The second-order valence-corrected chi connectivity index (χ2v) is 12.2. The van der Waals surface area contributed by atoms with Gasteiger partial charge in [-0.05, 0) is 66.3 Å². The molecule has 0 amide bonds. The quantitative estimate of drug-likeness (QED) is 0.234. The Balaban J connectivity index is 1.18. The van der Waals surface area contributed by atoms with Crippen LogP contribution in [0.2, 0.25) is 0 Å². The predicted octanol–water partition coefficient (Wildman–Crippen LogP) is 5.99. The Hall–Kier alpha value is -3.69. The molecule has 2 aromatic carbocycles. The Kier molecular flexibility index (Phi) is 7.00. The van der Waals surface area contributed by atoms with Gasteiger partial charge < -0.3 is 15.7 Å². The third kappa shape index (κ3) is 5.13. The highest BCUT2D eigenvalue weighted by Crippen LogP contribution is 2.38. The van der Waals surface area contributed by atoms with Crippen molar-refractivity contribution in [3.63, 3.8) is 0 Å². The minimum atomic E-state index is -0.219. The molecule has 3 N–H and O–H groups in total. The molecule has 208 valence electrons. The van der Waals surface area contributed by atoms with Gasteiger partial charge in [-0.2, -0.15) is 0 Å². The van der Waals surface area contributed by atoms with Crippen molar-refractivity contribution in [2.24, 2.45) is 0 Å². The van der Waals surface area contributed by atoms with Crippen LogP contribution in [0.3, 0.4) is 0 Å². The van der Waals surface area contributed by atoms with Crippen molar-refractivity contribution in [2.75, 3.05) is 25.0 Å².